The maximum atomic E-state index is 2.58. The van der Waals surface area contributed by atoms with E-state index in [0.29, 0.717) is 0 Å². The van der Waals surface area contributed by atoms with Gasteiger partial charge in [0.05, 0.1) is 0 Å². The fraction of sp³-hybridized carbons (Fsp3) is 1.00. The molecule has 1 saturated heterocycles. The van der Waals surface area contributed by atoms with Crippen molar-refractivity contribution in [3.8, 4) is 0 Å². The summed E-state index contributed by atoms with van der Waals surface area (Å²) in [6.07, 6.45) is 5.98. The molecule has 0 amide bonds. The Balaban J connectivity index is 1.83. The Morgan fingerprint density at radius 1 is 1.25 bits per heavy atom. The summed E-state index contributed by atoms with van der Waals surface area (Å²) in [5.41, 5.74) is 0.780. The van der Waals surface area contributed by atoms with Gasteiger partial charge >= 0.3 is 0 Å². The molecule has 1 heteroatoms. The quantitative estimate of drug-likeness (QED) is 0.580. The van der Waals surface area contributed by atoms with Crippen molar-refractivity contribution in [1.82, 2.24) is 4.90 Å². The molecule has 1 heterocycles. The van der Waals surface area contributed by atoms with Gasteiger partial charge in [-0.1, -0.05) is 26.7 Å². The van der Waals surface area contributed by atoms with E-state index in [2.05, 4.69) is 18.7 Å². The molecule has 2 rings (SSSR count). The second-order valence-corrected chi connectivity index (χ2v) is 4.99. The number of nitrogens with zero attached hydrogens (tertiary/aromatic N) is 1. The number of hydrogen-bond donors (Lipinski definition) is 0. The lowest BCUT2D eigenvalue weighted by molar-refractivity contribution is -0.0328. The topological polar surface area (TPSA) is 3.24 Å². The van der Waals surface area contributed by atoms with E-state index in [1.165, 1.54) is 45.3 Å². The van der Waals surface area contributed by atoms with Crippen LogP contribution in [0.3, 0.4) is 0 Å². The van der Waals surface area contributed by atoms with Crippen molar-refractivity contribution in [3.63, 3.8) is 0 Å². The summed E-state index contributed by atoms with van der Waals surface area (Å²) >= 11 is 0. The van der Waals surface area contributed by atoms with Gasteiger partial charge in [0.25, 0.3) is 0 Å². The van der Waals surface area contributed by atoms with Gasteiger partial charge in [-0.3, -0.25) is 0 Å². The molecule has 0 aromatic heterocycles. The summed E-state index contributed by atoms with van der Waals surface area (Å²) in [6.45, 7) is 8.74. The monoisotopic (exact) mass is 167 g/mol. The molecule has 0 aromatic carbocycles. The van der Waals surface area contributed by atoms with Gasteiger partial charge in [0.15, 0.2) is 0 Å². The first-order chi connectivity index (χ1) is 5.74. The SMILES string of the molecule is CCN1CC2(CCC(C)CC2)C1. The summed E-state index contributed by atoms with van der Waals surface area (Å²) in [6, 6.07) is 0. The maximum absolute atomic E-state index is 2.58. The zero-order valence-electron chi connectivity index (χ0n) is 8.47. The molecule has 2 fully saturated rings. The van der Waals surface area contributed by atoms with Crippen LogP contribution >= 0.6 is 0 Å². The number of rotatable bonds is 1. The van der Waals surface area contributed by atoms with Crippen molar-refractivity contribution in [3.05, 3.63) is 0 Å². The summed E-state index contributed by atoms with van der Waals surface area (Å²) < 4.78 is 0. The van der Waals surface area contributed by atoms with E-state index in [4.69, 9.17) is 0 Å². The molecule has 1 spiro atoms. The molecule has 1 aliphatic carbocycles. The molecule has 0 atom stereocenters. The molecule has 70 valence electrons. The van der Waals surface area contributed by atoms with Crippen molar-refractivity contribution in [2.75, 3.05) is 19.6 Å². The molecule has 0 N–H and O–H groups in total. The fourth-order valence-electron chi connectivity index (χ4n) is 2.82. The van der Waals surface area contributed by atoms with E-state index in [0.717, 1.165) is 11.3 Å². The highest BCUT2D eigenvalue weighted by atomic mass is 15.2. The van der Waals surface area contributed by atoms with Gasteiger partial charge in [0.2, 0.25) is 0 Å². The first-order valence-corrected chi connectivity index (χ1v) is 5.46. The Morgan fingerprint density at radius 3 is 2.33 bits per heavy atom. The van der Waals surface area contributed by atoms with Crippen LogP contribution in [0.4, 0.5) is 0 Å². The van der Waals surface area contributed by atoms with Crippen LogP contribution in [0.2, 0.25) is 0 Å². The van der Waals surface area contributed by atoms with Crippen LogP contribution in [0.25, 0.3) is 0 Å². The van der Waals surface area contributed by atoms with Gasteiger partial charge in [-0.15, -0.1) is 0 Å². The normalized spacial score (nSPS) is 30.5. The first kappa shape index (κ1) is 8.55. The third kappa shape index (κ3) is 1.39. The first-order valence-electron chi connectivity index (χ1n) is 5.46. The molecule has 0 unspecified atom stereocenters. The van der Waals surface area contributed by atoms with Gasteiger partial charge in [-0.25, -0.2) is 0 Å². The van der Waals surface area contributed by atoms with Crippen molar-refractivity contribution in [1.29, 1.82) is 0 Å². The number of hydrogen-bond acceptors (Lipinski definition) is 1. The summed E-state index contributed by atoms with van der Waals surface area (Å²) in [7, 11) is 0. The van der Waals surface area contributed by atoms with Gasteiger partial charge in [0, 0.05) is 13.1 Å². The highest BCUT2D eigenvalue weighted by molar-refractivity contribution is 4.96. The maximum Gasteiger partial charge on any atom is 0.00504 e. The predicted molar refractivity (Wildman–Crippen MR) is 52.2 cm³/mol. The highest BCUT2D eigenvalue weighted by Crippen LogP contribution is 2.45. The van der Waals surface area contributed by atoms with Crippen LogP contribution in [-0.2, 0) is 0 Å². The van der Waals surface area contributed by atoms with Gasteiger partial charge < -0.3 is 4.90 Å². The van der Waals surface area contributed by atoms with Crippen LogP contribution in [0.5, 0.6) is 0 Å². The molecular weight excluding hydrogens is 146 g/mol. The van der Waals surface area contributed by atoms with Crippen LogP contribution in [-0.4, -0.2) is 24.5 Å². The van der Waals surface area contributed by atoms with E-state index in [1.54, 1.807) is 0 Å². The lowest BCUT2D eigenvalue weighted by atomic mass is 9.66. The Labute approximate surface area is 76.1 Å². The van der Waals surface area contributed by atoms with Crippen LogP contribution in [0, 0.1) is 11.3 Å². The zero-order valence-corrected chi connectivity index (χ0v) is 8.47. The van der Waals surface area contributed by atoms with Crippen LogP contribution < -0.4 is 0 Å². The highest BCUT2D eigenvalue weighted by Gasteiger charge is 2.43. The molecule has 2 aliphatic rings. The third-order valence-corrected chi connectivity index (χ3v) is 3.90. The van der Waals surface area contributed by atoms with Crippen LogP contribution in [0.15, 0.2) is 0 Å². The molecular formula is C11H21N. The Hall–Kier alpha value is -0.0400. The molecule has 1 aliphatic heterocycles. The second kappa shape index (κ2) is 3.02. The smallest absolute Gasteiger partial charge is 0.00504 e. The van der Waals surface area contributed by atoms with Crippen LogP contribution in [0.1, 0.15) is 39.5 Å². The van der Waals surface area contributed by atoms with Crippen molar-refractivity contribution >= 4 is 0 Å². The van der Waals surface area contributed by atoms with Gasteiger partial charge in [-0.2, -0.15) is 0 Å². The average molecular weight is 167 g/mol. The second-order valence-electron chi connectivity index (χ2n) is 4.99. The number of likely N-dealkylation sites (tertiary alicyclic amines) is 1. The van der Waals surface area contributed by atoms with Crippen molar-refractivity contribution in [2.45, 2.75) is 39.5 Å². The molecule has 12 heavy (non-hydrogen) atoms. The molecule has 1 saturated carbocycles. The van der Waals surface area contributed by atoms with E-state index in [-0.39, 0.29) is 0 Å². The molecule has 0 radical (unpaired) electrons. The standard InChI is InChI=1S/C11H21N/c1-3-12-8-11(9-12)6-4-10(2)5-7-11/h10H,3-9H2,1-2H3. The van der Waals surface area contributed by atoms with E-state index in [9.17, 15) is 0 Å². The Morgan fingerprint density at radius 2 is 1.83 bits per heavy atom. The summed E-state index contributed by atoms with van der Waals surface area (Å²) in [5, 5.41) is 0. The molecule has 0 bridgehead atoms. The van der Waals surface area contributed by atoms with E-state index < -0.39 is 0 Å². The predicted octanol–water partition coefficient (Wildman–Crippen LogP) is 2.52. The summed E-state index contributed by atoms with van der Waals surface area (Å²) in [5.74, 6) is 1.01. The minimum absolute atomic E-state index is 0.780. The molecule has 0 aromatic rings. The van der Waals surface area contributed by atoms with Gasteiger partial charge in [0.1, 0.15) is 0 Å². The average Bonchev–Trinajstić information content (AvgIpc) is 2.02. The summed E-state index contributed by atoms with van der Waals surface area (Å²) in [4.78, 5) is 2.58. The van der Waals surface area contributed by atoms with Crippen molar-refractivity contribution in [2.24, 2.45) is 11.3 Å². The molecule has 1 nitrogen and oxygen atoms in total. The van der Waals surface area contributed by atoms with E-state index in [1.807, 2.05) is 0 Å². The fourth-order valence-corrected chi connectivity index (χ4v) is 2.82. The Kier molecular flexibility index (Phi) is 2.16. The third-order valence-electron chi connectivity index (χ3n) is 3.90. The minimum Gasteiger partial charge on any atom is -0.302 e. The Bertz CT molecular complexity index is 141. The van der Waals surface area contributed by atoms with Crippen molar-refractivity contribution < 1.29 is 0 Å². The lowest BCUT2D eigenvalue weighted by Crippen LogP contribution is -2.57. The van der Waals surface area contributed by atoms with Gasteiger partial charge in [-0.05, 0) is 30.7 Å². The largest absolute Gasteiger partial charge is 0.302 e. The minimum atomic E-state index is 0.780. The lowest BCUT2D eigenvalue weighted by Gasteiger charge is -2.53. The zero-order chi connectivity index (χ0) is 8.60. The van der Waals surface area contributed by atoms with E-state index >= 15 is 0 Å².